The quantitative estimate of drug-likeness (QED) is 0.422. The second-order valence-corrected chi connectivity index (χ2v) is 9.14. The van der Waals surface area contributed by atoms with Crippen LogP contribution in [0.25, 0.3) is 16.9 Å². The highest BCUT2D eigenvalue weighted by Gasteiger charge is 2.30. The van der Waals surface area contributed by atoms with E-state index in [1.807, 2.05) is 42.8 Å². The fourth-order valence-electron chi connectivity index (χ4n) is 4.51. The van der Waals surface area contributed by atoms with Gasteiger partial charge in [0.15, 0.2) is 11.4 Å². The molecule has 4 bridgehead atoms. The smallest absolute Gasteiger partial charge is 0.389 e. The van der Waals surface area contributed by atoms with E-state index in [0.717, 1.165) is 5.56 Å². The Kier molecular flexibility index (Phi) is 8.43. The molecule has 0 radical (unpaired) electrons. The van der Waals surface area contributed by atoms with Crippen molar-refractivity contribution in [3.63, 3.8) is 0 Å². The molecule has 4 rings (SSSR count). The number of nitrogens with zero attached hydrogens (tertiary/aromatic N) is 4. The number of rotatable bonds is 4. The number of nitrogens with one attached hydrogen (secondary N) is 1. The molecule has 0 aliphatic carbocycles. The summed E-state index contributed by atoms with van der Waals surface area (Å²) in [5, 5.41) is 2.81. The average Bonchev–Trinajstić information content (AvgIpc) is 3.37. The lowest BCUT2D eigenvalue weighted by atomic mass is 10.1. The van der Waals surface area contributed by atoms with Crippen molar-refractivity contribution in [2.75, 3.05) is 20.3 Å². The van der Waals surface area contributed by atoms with Crippen LogP contribution < -0.4 is 14.8 Å². The summed E-state index contributed by atoms with van der Waals surface area (Å²) in [6.07, 6.45) is 4.35. The number of pyridine rings is 2. The van der Waals surface area contributed by atoms with Crippen molar-refractivity contribution < 1.29 is 27.4 Å². The zero-order valence-electron chi connectivity index (χ0n) is 21.7. The Bertz CT molecular complexity index is 1290. The molecular weight excluding hydrogens is 499 g/mol. The molecule has 4 heterocycles. The molecule has 0 unspecified atom stereocenters. The largest absolute Gasteiger partial charge is 0.494 e. The molecule has 0 spiro atoms. The molecule has 0 saturated heterocycles. The maximum Gasteiger partial charge on any atom is 0.389 e. The van der Waals surface area contributed by atoms with E-state index < -0.39 is 30.7 Å². The Hall–Kier alpha value is -3.76. The van der Waals surface area contributed by atoms with Crippen molar-refractivity contribution in [2.24, 2.45) is 0 Å². The summed E-state index contributed by atoms with van der Waals surface area (Å²) in [7, 11) is 1.56. The first-order chi connectivity index (χ1) is 18.2. The van der Waals surface area contributed by atoms with Crippen LogP contribution in [-0.2, 0) is 0 Å². The van der Waals surface area contributed by atoms with Gasteiger partial charge in [-0.2, -0.15) is 13.2 Å². The van der Waals surface area contributed by atoms with Crippen molar-refractivity contribution in [1.29, 1.82) is 0 Å². The summed E-state index contributed by atoms with van der Waals surface area (Å²) in [6.45, 7) is 4.35. The molecule has 38 heavy (non-hydrogen) atoms. The first kappa shape index (κ1) is 27.3. The number of urea groups is 1. The third-order valence-electron chi connectivity index (χ3n) is 6.56. The van der Waals surface area contributed by atoms with Crippen LogP contribution in [0.3, 0.4) is 0 Å². The Morgan fingerprint density at radius 3 is 2.82 bits per heavy atom. The van der Waals surface area contributed by atoms with Gasteiger partial charge in [0.25, 0.3) is 0 Å². The maximum atomic E-state index is 13.2. The maximum absolute atomic E-state index is 13.2. The van der Waals surface area contributed by atoms with Crippen molar-refractivity contribution in [1.82, 2.24) is 24.6 Å². The predicted octanol–water partition coefficient (Wildman–Crippen LogP) is 5.94. The molecule has 3 aromatic rings. The summed E-state index contributed by atoms with van der Waals surface area (Å²) in [5.41, 5.74) is 2.58. The highest BCUT2D eigenvalue weighted by atomic mass is 19.4. The zero-order valence-corrected chi connectivity index (χ0v) is 21.7. The normalized spacial score (nSPS) is 19.9. The molecule has 11 heteroatoms. The number of hydrogen-bond acceptors (Lipinski definition) is 5. The van der Waals surface area contributed by atoms with Crippen molar-refractivity contribution in [3.05, 3.63) is 54.6 Å². The van der Waals surface area contributed by atoms with Crippen LogP contribution in [0, 0.1) is 0 Å². The molecule has 3 aromatic heterocycles. The molecule has 1 aliphatic heterocycles. The highest BCUT2D eigenvalue weighted by molar-refractivity contribution is 5.75. The molecule has 2 amide bonds. The van der Waals surface area contributed by atoms with E-state index in [-0.39, 0.29) is 12.8 Å². The number of aromatic nitrogens is 3. The molecule has 8 nitrogen and oxygen atoms in total. The van der Waals surface area contributed by atoms with Crippen LogP contribution in [0.5, 0.6) is 11.5 Å². The lowest BCUT2D eigenvalue weighted by Crippen LogP contribution is -2.46. The number of methoxy groups -OCH3 is 1. The zero-order chi connectivity index (χ0) is 27.3. The van der Waals surface area contributed by atoms with Crippen LogP contribution in [0.15, 0.2) is 48.9 Å². The Labute approximate surface area is 219 Å². The fraction of sp³-hybridized carbons (Fsp3) is 0.444. The third-order valence-corrected chi connectivity index (χ3v) is 6.56. The van der Waals surface area contributed by atoms with Gasteiger partial charge in [0.05, 0.1) is 25.5 Å². The molecule has 0 aromatic carbocycles. The number of fused-ring (bicyclic) bond motifs is 7. The summed E-state index contributed by atoms with van der Waals surface area (Å²) in [6, 6.07) is 3.89. The minimum absolute atomic E-state index is 0.212. The fourth-order valence-corrected chi connectivity index (χ4v) is 4.51. The molecule has 0 saturated carbocycles. The van der Waals surface area contributed by atoms with Crippen LogP contribution in [0.1, 0.15) is 51.3 Å². The Morgan fingerprint density at radius 2 is 2.08 bits per heavy atom. The van der Waals surface area contributed by atoms with Crippen LogP contribution in [0.4, 0.5) is 18.0 Å². The predicted molar refractivity (Wildman–Crippen MR) is 137 cm³/mol. The molecule has 204 valence electrons. The number of halogens is 3. The number of amides is 2. The lowest BCUT2D eigenvalue weighted by Gasteiger charge is -2.30. The van der Waals surface area contributed by atoms with Crippen molar-refractivity contribution in [3.8, 4) is 22.8 Å². The highest BCUT2D eigenvalue weighted by Crippen LogP contribution is 2.34. The second-order valence-electron chi connectivity index (χ2n) is 9.14. The van der Waals surface area contributed by atoms with Gasteiger partial charge in [0, 0.05) is 43.2 Å². The number of imidazole rings is 1. The second kappa shape index (κ2) is 11.7. The first-order valence-corrected chi connectivity index (χ1v) is 12.6. The van der Waals surface area contributed by atoms with E-state index in [4.69, 9.17) is 14.5 Å². The number of ether oxygens (including phenoxy) is 2. The summed E-state index contributed by atoms with van der Waals surface area (Å²) in [4.78, 5) is 24.1. The van der Waals surface area contributed by atoms with E-state index in [1.54, 1.807) is 36.4 Å². The van der Waals surface area contributed by atoms with Crippen molar-refractivity contribution in [2.45, 2.75) is 57.8 Å². The topological polar surface area (TPSA) is 81.0 Å². The monoisotopic (exact) mass is 531 g/mol. The number of carbonyl (C=O) groups excluding carboxylic acids is 1. The van der Waals surface area contributed by atoms with Gasteiger partial charge in [0.1, 0.15) is 11.4 Å². The van der Waals surface area contributed by atoms with Crippen molar-refractivity contribution >= 4 is 11.7 Å². The number of carbonyl (C=O) groups is 1. The Morgan fingerprint density at radius 1 is 1.26 bits per heavy atom. The standard InChI is InChI=1S/C27H32F3N5O3/c1-4-35-18(2)21-9-10-22(37-3)24(33-21)19-16-23(25-31-13-14-34(25)17-19)38-15-7-5-6-8-20(32-26(35)36)11-12-27(28,29)30/h5-6,9-10,13-14,16-18,20H,4,7-8,11-12,15H2,1-3H3,(H,32,36)/b6-5+/t18-,20-/m1/s1. The molecule has 0 fully saturated rings. The number of hydrogen-bond donors (Lipinski definition) is 1. The summed E-state index contributed by atoms with van der Waals surface area (Å²) in [5.74, 6) is 1.12. The average molecular weight is 532 g/mol. The van der Waals surface area contributed by atoms with Crippen LogP contribution >= 0.6 is 0 Å². The van der Waals surface area contributed by atoms with Gasteiger partial charge in [-0.3, -0.25) is 0 Å². The molecule has 2 atom stereocenters. The van der Waals surface area contributed by atoms with Gasteiger partial charge >= 0.3 is 12.2 Å². The summed E-state index contributed by atoms with van der Waals surface area (Å²) >= 11 is 0. The first-order valence-electron chi connectivity index (χ1n) is 12.6. The van der Waals surface area contributed by atoms with E-state index in [9.17, 15) is 18.0 Å². The van der Waals surface area contributed by atoms with Crippen LogP contribution in [0.2, 0.25) is 0 Å². The Balaban J connectivity index is 1.75. The van der Waals surface area contributed by atoms with E-state index in [0.29, 0.717) is 48.1 Å². The number of alkyl halides is 3. The van der Waals surface area contributed by atoms with Gasteiger partial charge in [-0.15, -0.1) is 0 Å². The summed E-state index contributed by atoms with van der Waals surface area (Å²) < 4.78 is 52.4. The third kappa shape index (κ3) is 6.38. The molecular formula is C27H32F3N5O3. The van der Waals surface area contributed by atoms with Crippen LogP contribution in [-0.4, -0.2) is 57.8 Å². The SMILES string of the molecule is CCN1C(=O)N[C@@H](CCC(F)(F)F)C/C=C/CCOc2cc(cn3ccnc23)-c2nc(ccc2OC)[C@H]1C. The lowest BCUT2D eigenvalue weighted by molar-refractivity contribution is -0.136. The molecule has 1 aliphatic rings. The van der Waals surface area contributed by atoms with Gasteiger partial charge in [0.2, 0.25) is 0 Å². The van der Waals surface area contributed by atoms with Gasteiger partial charge in [-0.05, 0) is 51.3 Å². The van der Waals surface area contributed by atoms with Gasteiger partial charge in [-0.1, -0.05) is 12.2 Å². The molecule has 1 N–H and O–H groups in total. The van der Waals surface area contributed by atoms with Gasteiger partial charge < -0.3 is 24.1 Å². The minimum atomic E-state index is -4.30. The minimum Gasteiger partial charge on any atom is -0.494 e. The van der Waals surface area contributed by atoms with Gasteiger partial charge in [-0.25, -0.2) is 14.8 Å². The van der Waals surface area contributed by atoms with E-state index in [1.165, 1.54) is 0 Å². The van der Waals surface area contributed by atoms with E-state index in [2.05, 4.69) is 10.3 Å². The van der Waals surface area contributed by atoms with E-state index >= 15 is 0 Å².